The fraction of sp³-hybridized carbons (Fsp3) is 0.667. The molecule has 33 heavy (non-hydrogen) atoms. The molecule has 0 aliphatic heterocycles. The van der Waals surface area contributed by atoms with Crippen molar-refractivity contribution < 1.29 is 49.2 Å². The molecule has 15 nitrogen and oxygen atoms in total. The second-order valence-electron chi connectivity index (χ2n) is 7.01. The van der Waals surface area contributed by atoms with E-state index in [2.05, 4.69) is 26.6 Å². The van der Waals surface area contributed by atoms with Crippen LogP contribution in [0.15, 0.2) is 0 Å². The van der Waals surface area contributed by atoms with Gasteiger partial charge in [-0.25, -0.2) is 0 Å². The first kappa shape index (κ1) is 29.9. The van der Waals surface area contributed by atoms with Gasteiger partial charge in [0.2, 0.25) is 29.5 Å². The van der Waals surface area contributed by atoms with E-state index in [4.69, 9.17) is 5.11 Å². The predicted octanol–water partition coefficient (Wildman–Crippen LogP) is -6.13. The van der Waals surface area contributed by atoms with E-state index in [9.17, 15) is 44.1 Å². The SMILES string of the molecule is CC(=O)CNC(=O)C(CO)NC(=O)C(CO)NC(=O)CNC(=O)C(CO)NC(=O)C(C)CO. The first-order valence-corrected chi connectivity index (χ1v) is 9.88. The summed E-state index contributed by atoms with van der Waals surface area (Å²) in [6, 6.07) is -4.38. The summed E-state index contributed by atoms with van der Waals surface area (Å²) in [5.41, 5.74) is 0. The molecule has 0 aromatic carbocycles. The van der Waals surface area contributed by atoms with E-state index in [0.717, 1.165) is 0 Å². The van der Waals surface area contributed by atoms with E-state index >= 15 is 0 Å². The molecular weight excluding hydrogens is 446 g/mol. The van der Waals surface area contributed by atoms with Crippen molar-refractivity contribution in [1.29, 1.82) is 0 Å². The Morgan fingerprint density at radius 2 is 1.03 bits per heavy atom. The van der Waals surface area contributed by atoms with Crippen LogP contribution in [0.5, 0.6) is 0 Å². The average Bonchev–Trinajstić information content (AvgIpc) is 2.79. The smallest absolute Gasteiger partial charge is 0.245 e. The van der Waals surface area contributed by atoms with Gasteiger partial charge in [0.15, 0.2) is 0 Å². The Morgan fingerprint density at radius 1 is 0.606 bits per heavy atom. The number of carbonyl (C=O) groups is 6. The largest absolute Gasteiger partial charge is 0.396 e. The van der Waals surface area contributed by atoms with Gasteiger partial charge in [-0.2, -0.15) is 0 Å². The number of aliphatic hydroxyl groups is 4. The minimum absolute atomic E-state index is 0.320. The lowest BCUT2D eigenvalue weighted by Gasteiger charge is -2.21. The van der Waals surface area contributed by atoms with Crippen LogP contribution in [0.1, 0.15) is 13.8 Å². The number of nitrogens with one attached hydrogen (secondary N) is 5. The lowest BCUT2D eigenvalue weighted by molar-refractivity contribution is -0.134. The molecule has 4 unspecified atom stereocenters. The summed E-state index contributed by atoms with van der Waals surface area (Å²) < 4.78 is 0. The molecule has 0 aromatic rings. The molecule has 0 radical (unpaired) electrons. The fourth-order valence-corrected chi connectivity index (χ4v) is 2.12. The Kier molecular flexibility index (Phi) is 14.1. The second-order valence-corrected chi connectivity index (χ2v) is 7.01. The highest BCUT2D eigenvalue weighted by atomic mass is 16.3. The maximum Gasteiger partial charge on any atom is 0.245 e. The van der Waals surface area contributed by atoms with Crippen LogP contribution in [0.3, 0.4) is 0 Å². The van der Waals surface area contributed by atoms with E-state index in [-0.39, 0.29) is 12.3 Å². The molecule has 0 heterocycles. The van der Waals surface area contributed by atoms with Gasteiger partial charge in [0.1, 0.15) is 23.9 Å². The number of Topliss-reactive ketones (excluding diaryl/α,β-unsaturated/α-hetero) is 1. The molecule has 0 bridgehead atoms. The number of ketones is 1. The number of carbonyl (C=O) groups excluding carboxylic acids is 6. The Bertz CT molecular complexity index is 717. The average molecular weight is 477 g/mol. The van der Waals surface area contributed by atoms with Gasteiger partial charge in [-0.15, -0.1) is 0 Å². The number of aliphatic hydroxyl groups excluding tert-OH is 4. The normalized spacial score (nSPS) is 14.1. The molecule has 0 saturated carbocycles. The highest BCUT2D eigenvalue weighted by molar-refractivity contribution is 5.95. The predicted molar refractivity (Wildman–Crippen MR) is 110 cm³/mol. The van der Waals surface area contributed by atoms with Crippen LogP contribution in [0.25, 0.3) is 0 Å². The molecule has 0 saturated heterocycles. The van der Waals surface area contributed by atoms with Crippen LogP contribution in [-0.2, 0) is 28.8 Å². The van der Waals surface area contributed by atoms with Crippen molar-refractivity contribution >= 4 is 35.3 Å². The summed E-state index contributed by atoms with van der Waals surface area (Å²) in [5, 5.41) is 47.5. The summed E-state index contributed by atoms with van der Waals surface area (Å²) >= 11 is 0. The molecular formula is C18H31N5O10. The van der Waals surface area contributed by atoms with Crippen molar-refractivity contribution in [2.45, 2.75) is 32.0 Å². The lowest BCUT2D eigenvalue weighted by atomic mass is 10.1. The summed E-state index contributed by atoms with van der Waals surface area (Å²) in [7, 11) is 0. The highest BCUT2D eigenvalue weighted by Gasteiger charge is 2.27. The van der Waals surface area contributed by atoms with Crippen molar-refractivity contribution in [3.8, 4) is 0 Å². The van der Waals surface area contributed by atoms with Gasteiger partial charge >= 0.3 is 0 Å². The molecule has 5 amide bonds. The first-order valence-electron chi connectivity index (χ1n) is 9.88. The zero-order valence-electron chi connectivity index (χ0n) is 18.3. The molecule has 0 spiro atoms. The van der Waals surface area contributed by atoms with Crippen LogP contribution in [0.2, 0.25) is 0 Å². The fourth-order valence-electron chi connectivity index (χ4n) is 2.12. The summed E-state index contributed by atoms with van der Waals surface area (Å²) in [6.45, 7) is -1.36. The quantitative estimate of drug-likeness (QED) is 0.108. The molecule has 9 N–H and O–H groups in total. The zero-order valence-corrected chi connectivity index (χ0v) is 18.3. The van der Waals surface area contributed by atoms with E-state index in [1.165, 1.54) is 13.8 Å². The maximum atomic E-state index is 12.2. The third kappa shape index (κ3) is 11.3. The minimum Gasteiger partial charge on any atom is -0.396 e. The van der Waals surface area contributed by atoms with E-state index in [1.807, 2.05) is 0 Å². The topological polar surface area (TPSA) is 243 Å². The molecule has 0 aliphatic carbocycles. The summed E-state index contributed by atoms with van der Waals surface area (Å²) in [5.74, 6) is -5.61. The van der Waals surface area contributed by atoms with Crippen molar-refractivity contribution in [3.63, 3.8) is 0 Å². The van der Waals surface area contributed by atoms with Gasteiger partial charge in [-0.05, 0) is 6.92 Å². The standard InChI is InChI=1S/C18H31N5O10/c1-9(5-24)15(30)22-11(6-25)17(32)20-4-14(29)21-13(8-27)18(33)23-12(7-26)16(31)19-3-10(2)28/h9,11-13,24-27H,3-8H2,1-2H3,(H,19,31)(H,20,32)(H,21,29)(H,22,30)(H,23,33). The van der Waals surface area contributed by atoms with Crippen molar-refractivity contribution in [2.75, 3.05) is 39.5 Å². The number of hydrogen-bond acceptors (Lipinski definition) is 10. The van der Waals surface area contributed by atoms with E-state index in [0.29, 0.717) is 0 Å². The van der Waals surface area contributed by atoms with Gasteiger partial charge in [0.05, 0.1) is 45.4 Å². The number of hydrogen-bond donors (Lipinski definition) is 9. The van der Waals surface area contributed by atoms with Gasteiger partial charge in [0.25, 0.3) is 0 Å². The summed E-state index contributed by atoms with van der Waals surface area (Å²) in [4.78, 5) is 70.7. The number of amides is 5. The molecule has 4 atom stereocenters. The molecule has 0 fully saturated rings. The maximum absolute atomic E-state index is 12.2. The molecule has 0 aromatic heterocycles. The monoisotopic (exact) mass is 477 g/mol. The van der Waals surface area contributed by atoms with Gasteiger partial charge in [-0.1, -0.05) is 6.92 Å². The Balaban J connectivity index is 4.76. The van der Waals surface area contributed by atoms with Crippen LogP contribution in [0.4, 0.5) is 0 Å². The van der Waals surface area contributed by atoms with Crippen LogP contribution in [0, 0.1) is 5.92 Å². The molecule has 0 rings (SSSR count). The van der Waals surface area contributed by atoms with Gasteiger partial charge in [0, 0.05) is 0 Å². The molecule has 15 heteroatoms. The van der Waals surface area contributed by atoms with Crippen LogP contribution in [-0.4, -0.2) is 113 Å². The molecule has 0 aliphatic rings. The Hall–Kier alpha value is -3.14. The van der Waals surface area contributed by atoms with Crippen LogP contribution < -0.4 is 26.6 Å². The molecule has 188 valence electrons. The number of rotatable bonds is 15. The van der Waals surface area contributed by atoms with Crippen LogP contribution >= 0.6 is 0 Å². The third-order valence-electron chi connectivity index (χ3n) is 4.12. The van der Waals surface area contributed by atoms with E-state index in [1.54, 1.807) is 0 Å². The van der Waals surface area contributed by atoms with Gasteiger partial charge in [-0.3, -0.25) is 28.8 Å². The Labute approximate surface area is 189 Å². The highest BCUT2D eigenvalue weighted by Crippen LogP contribution is 1.95. The summed E-state index contributed by atoms with van der Waals surface area (Å²) in [6.07, 6.45) is 0. The van der Waals surface area contributed by atoms with E-state index < -0.39 is 86.6 Å². The third-order valence-corrected chi connectivity index (χ3v) is 4.12. The first-order chi connectivity index (χ1) is 15.5. The van der Waals surface area contributed by atoms with Crippen molar-refractivity contribution in [3.05, 3.63) is 0 Å². The van der Waals surface area contributed by atoms with Crippen molar-refractivity contribution in [1.82, 2.24) is 26.6 Å². The minimum atomic E-state index is -1.54. The van der Waals surface area contributed by atoms with Gasteiger partial charge < -0.3 is 47.0 Å². The zero-order chi connectivity index (χ0) is 25.6. The Morgan fingerprint density at radius 3 is 1.45 bits per heavy atom. The second kappa shape index (κ2) is 15.6. The van der Waals surface area contributed by atoms with Crippen molar-refractivity contribution in [2.24, 2.45) is 5.92 Å². The lowest BCUT2D eigenvalue weighted by Crippen LogP contribution is -2.57.